The summed E-state index contributed by atoms with van der Waals surface area (Å²) in [5, 5.41) is 15.6. The van der Waals surface area contributed by atoms with Crippen molar-refractivity contribution in [1.82, 2.24) is 10.2 Å². The lowest BCUT2D eigenvalue weighted by Crippen LogP contribution is -2.39. The van der Waals surface area contributed by atoms with Crippen LogP contribution in [0.3, 0.4) is 0 Å². The number of hydrogen-bond donors (Lipinski definition) is 3. The summed E-state index contributed by atoms with van der Waals surface area (Å²) in [6, 6.07) is 12.4. The number of anilines is 1. The van der Waals surface area contributed by atoms with Crippen molar-refractivity contribution < 1.29 is 23.1 Å². The molecular formula is C24H29N3O5S. The molecule has 1 unspecified atom stereocenters. The van der Waals surface area contributed by atoms with Crippen LogP contribution in [0.4, 0.5) is 5.69 Å². The standard InChI is InChI=1S/C24H29N3O5S/c1-15-4-3-5-18(10-15)21(13-27-9-8-19(28)12-27)26-24(30)16(2)17-6-7-22-20(11-17)25-23(29)14-33(22,31)32/h3-7,10-11,16,19,21,28H,8-9,12-14H2,1-2H3,(H,25,29)(H,26,30)/t16?,19-,21+/m0/s1. The average Bonchev–Trinajstić information content (AvgIpc) is 3.16. The van der Waals surface area contributed by atoms with Crippen molar-refractivity contribution in [2.75, 3.05) is 30.7 Å². The normalized spacial score (nSPS) is 21.7. The van der Waals surface area contributed by atoms with E-state index in [9.17, 15) is 23.1 Å². The number of hydrogen-bond acceptors (Lipinski definition) is 6. The molecular weight excluding hydrogens is 442 g/mol. The Bertz CT molecular complexity index is 1180. The van der Waals surface area contributed by atoms with Crippen molar-refractivity contribution in [1.29, 1.82) is 0 Å². The fourth-order valence-corrected chi connectivity index (χ4v) is 5.72. The van der Waals surface area contributed by atoms with Gasteiger partial charge in [-0.3, -0.25) is 14.5 Å². The first-order valence-corrected chi connectivity index (χ1v) is 12.7. The van der Waals surface area contributed by atoms with E-state index in [0.29, 0.717) is 25.1 Å². The number of nitrogens with zero attached hydrogens (tertiary/aromatic N) is 1. The molecule has 1 saturated heterocycles. The molecule has 0 spiro atoms. The van der Waals surface area contributed by atoms with E-state index < -0.39 is 27.4 Å². The molecule has 33 heavy (non-hydrogen) atoms. The van der Waals surface area contributed by atoms with Gasteiger partial charge < -0.3 is 15.7 Å². The Morgan fingerprint density at radius 1 is 1.24 bits per heavy atom. The minimum atomic E-state index is -3.67. The molecule has 0 bridgehead atoms. The lowest BCUT2D eigenvalue weighted by atomic mass is 9.97. The predicted octanol–water partition coefficient (Wildman–Crippen LogP) is 1.75. The third-order valence-electron chi connectivity index (χ3n) is 6.28. The molecule has 2 aliphatic rings. The van der Waals surface area contributed by atoms with Crippen LogP contribution in [0.1, 0.15) is 42.0 Å². The minimum absolute atomic E-state index is 0.0729. The van der Waals surface area contributed by atoms with Crippen molar-refractivity contribution in [3.63, 3.8) is 0 Å². The molecule has 2 aromatic rings. The number of aryl methyl sites for hydroxylation is 1. The van der Waals surface area contributed by atoms with Gasteiger partial charge in [-0.2, -0.15) is 0 Å². The summed E-state index contributed by atoms with van der Waals surface area (Å²) >= 11 is 0. The van der Waals surface area contributed by atoms with Crippen molar-refractivity contribution in [2.24, 2.45) is 0 Å². The van der Waals surface area contributed by atoms with Gasteiger partial charge >= 0.3 is 0 Å². The molecule has 3 N–H and O–H groups in total. The molecule has 3 atom stereocenters. The number of rotatable bonds is 6. The zero-order valence-electron chi connectivity index (χ0n) is 18.7. The van der Waals surface area contributed by atoms with Gasteiger partial charge in [0.15, 0.2) is 9.84 Å². The number of β-amino-alcohol motifs (C(OH)–C–C–N with tert-alkyl or cyclic N) is 1. The Morgan fingerprint density at radius 2 is 2.03 bits per heavy atom. The molecule has 0 aliphatic carbocycles. The Morgan fingerprint density at radius 3 is 2.73 bits per heavy atom. The number of amides is 2. The molecule has 9 heteroatoms. The highest BCUT2D eigenvalue weighted by Crippen LogP contribution is 2.31. The van der Waals surface area contributed by atoms with E-state index in [0.717, 1.165) is 17.7 Å². The quantitative estimate of drug-likeness (QED) is 0.591. The van der Waals surface area contributed by atoms with Gasteiger partial charge in [-0.05, 0) is 43.5 Å². The highest BCUT2D eigenvalue weighted by atomic mass is 32.2. The van der Waals surface area contributed by atoms with Gasteiger partial charge in [-0.25, -0.2) is 8.42 Å². The van der Waals surface area contributed by atoms with Crippen molar-refractivity contribution in [2.45, 2.75) is 43.2 Å². The number of sulfone groups is 1. The fraction of sp³-hybridized carbons (Fsp3) is 0.417. The minimum Gasteiger partial charge on any atom is -0.392 e. The topological polar surface area (TPSA) is 116 Å². The van der Waals surface area contributed by atoms with Crippen LogP contribution in [0.5, 0.6) is 0 Å². The van der Waals surface area contributed by atoms with E-state index in [-0.39, 0.29) is 28.6 Å². The van der Waals surface area contributed by atoms with Crippen LogP contribution < -0.4 is 10.6 Å². The average molecular weight is 472 g/mol. The molecule has 2 aliphatic heterocycles. The fourth-order valence-electron chi connectivity index (χ4n) is 4.43. The van der Waals surface area contributed by atoms with Gasteiger partial charge in [0, 0.05) is 19.6 Å². The summed E-state index contributed by atoms with van der Waals surface area (Å²) in [5.74, 6) is -1.91. The third-order valence-corrected chi connectivity index (χ3v) is 7.94. The second-order valence-electron chi connectivity index (χ2n) is 8.96. The first-order valence-electron chi connectivity index (χ1n) is 11.1. The molecule has 2 aromatic carbocycles. The second kappa shape index (κ2) is 9.24. The van der Waals surface area contributed by atoms with Crippen LogP contribution in [0.25, 0.3) is 0 Å². The van der Waals surface area contributed by atoms with Crippen LogP contribution >= 0.6 is 0 Å². The number of fused-ring (bicyclic) bond motifs is 1. The van der Waals surface area contributed by atoms with E-state index in [4.69, 9.17) is 0 Å². The van der Waals surface area contributed by atoms with E-state index in [1.165, 1.54) is 6.07 Å². The Kier molecular flexibility index (Phi) is 6.56. The number of carbonyl (C=O) groups is 2. The molecule has 4 rings (SSSR count). The van der Waals surface area contributed by atoms with Gasteiger partial charge in [0.05, 0.1) is 28.6 Å². The highest BCUT2D eigenvalue weighted by molar-refractivity contribution is 7.92. The maximum absolute atomic E-state index is 13.2. The third kappa shape index (κ3) is 5.26. The van der Waals surface area contributed by atoms with Crippen molar-refractivity contribution in [3.8, 4) is 0 Å². The molecule has 2 amide bonds. The summed E-state index contributed by atoms with van der Waals surface area (Å²) in [5.41, 5.74) is 2.90. The summed E-state index contributed by atoms with van der Waals surface area (Å²) in [6.07, 6.45) is 0.369. The van der Waals surface area contributed by atoms with Crippen LogP contribution in [-0.4, -0.2) is 61.7 Å². The first kappa shape index (κ1) is 23.4. The lowest BCUT2D eigenvalue weighted by molar-refractivity contribution is -0.123. The van der Waals surface area contributed by atoms with Crippen LogP contribution in [0.15, 0.2) is 47.4 Å². The highest BCUT2D eigenvalue weighted by Gasteiger charge is 2.30. The number of likely N-dealkylation sites (tertiary alicyclic amines) is 1. The molecule has 2 heterocycles. The summed E-state index contributed by atoms with van der Waals surface area (Å²) in [6.45, 7) is 5.68. The molecule has 0 saturated carbocycles. The number of benzene rings is 2. The predicted molar refractivity (Wildman–Crippen MR) is 125 cm³/mol. The lowest BCUT2D eigenvalue weighted by Gasteiger charge is -2.27. The zero-order chi connectivity index (χ0) is 23.8. The first-order chi connectivity index (χ1) is 15.6. The number of nitrogens with one attached hydrogen (secondary N) is 2. The van der Waals surface area contributed by atoms with Gasteiger partial charge in [0.25, 0.3) is 0 Å². The molecule has 176 valence electrons. The molecule has 0 aromatic heterocycles. The Balaban J connectivity index is 1.55. The SMILES string of the molecule is Cc1cccc([C@@H](CN2CC[C@H](O)C2)NC(=O)C(C)c2ccc3c(c2)NC(=O)CS3(=O)=O)c1. The number of aliphatic hydroxyl groups is 1. The maximum Gasteiger partial charge on any atom is 0.239 e. The maximum atomic E-state index is 13.2. The van der Waals surface area contributed by atoms with Gasteiger partial charge in [-0.15, -0.1) is 0 Å². The summed E-state index contributed by atoms with van der Waals surface area (Å²) in [7, 11) is -3.67. The van der Waals surface area contributed by atoms with Gasteiger partial charge in [0.2, 0.25) is 11.8 Å². The van der Waals surface area contributed by atoms with E-state index in [2.05, 4.69) is 15.5 Å². The number of aliphatic hydroxyl groups excluding tert-OH is 1. The largest absolute Gasteiger partial charge is 0.392 e. The van der Waals surface area contributed by atoms with Crippen LogP contribution in [-0.2, 0) is 19.4 Å². The second-order valence-corrected chi connectivity index (χ2v) is 10.9. The van der Waals surface area contributed by atoms with E-state index in [1.54, 1.807) is 19.1 Å². The molecule has 1 fully saturated rings. The van der Waals surface area contributed by atoms with Crippen molar-refractivity contribution in [3.05, 3.63) is 59.2 Å². The molecule has 8 nitrogen and oxygen atoms in total. The van der Waals surface area contributed by atoms with Gasteiger partial charge in [0.1, 0.15) is 5.75 Å². The summed E-state index contributed by atoms with van der Waals surface area (Å²) in [4.78, 5) is 27.2. The zero-order valence-corrected chi connectivity index (χ0v) is 19.6. The smallest absolute Gasteiger partial charge is 0.239 e. The summed E-state index contributed by atoms with van der Waals surface area (Å²) < 4.78 is 24.5. The van der Waals surface area contributed by atoms with Crippen LogP contribution in [0.2, 0.25) is 0 Å². The Labute approximate surface area is 193 Å². The Hall–Kier alpha value is -2.75. The van der Waals surface area contributed by atoms with Crippen LogP contribution in [0, 0.1) is 6.92 Å². The monoisotopic (exact) mass is 471 g/mol. The van der Waals surface area contributed by atoms with E-state index >= 15 is 0 Å². The van der Waals surface area contributed by atoms with E-state index in [1.807, 2.05) is 31.2 Å². The molecule has 0 radical (unpaired) electrons. The number of carbonyl (C=O) groups excluding carboxylic acids is 2. The van der Waals surface area contributed by atoms with Gasteiger partial charge in [-0.1, -0.05) is 35.9 Å². The van der Waals surface area contributed by atoms with Crippen molar-refractivity contribution >= 4 is 27.3 Å².